The number of carbonyl (C=O) groups excluding carboxylic acids is 3. The summed E-state index contributed by atoms with van der Waals surface area (Å²) in [6, 6.07) is 8.72. The first kappa shape index (κ1) is 19.8. The van der Waals surface area contributed by atoms with E-state index >= 15 is 0 Å². The number of fused-ring (bicyclic) bond motifs is 1. The summed E-state index contributed by atoms with van der Waals surface area (Å²) in [6.45, 7) is 0. The molecule has 0 aliphatic carbocycles. The van der Waals surface area contributed by atoms with Gasteiger partial charge in [0.25, 0.3) is 11.1 Å². The molecule has 2 N–H and O–H groups in total. The number of rotatable bonds is 4. The molecule has 152 valence electrons. The highest BCUT2D eigenvalue weighted by Gasteiger charge is 2.31. The van der Waals surface area contributed by atoms with Gasteiger partial charge in [0.05, 0.1) is 5.25 Å². The van der Waals surface area contributed by atoms with Gasteiger partial charge in [0.1, 0.15) is 22.6 Å². The lowest BCUT2D eigenvalue weighted by atomic mass is 10.1. The molecule has 1 fully saturated rings. The van der Waals surface area contributed by atoms with Crippen LogP contribution in [-0.4, -0.2) is 22.3 Å². The highest BCUT2D eigenvalue weighted by molar-refractivity contribution is 8.15. The van der Waals surface area contributed by atoms with E-state index in [-0.39, 0.29) is 16.7 Å². The van der Waals surface area contributed by atoms with Crippen LogP contribution in [0.25, 0.3) is 11.0 Å². The lowest BCUT2D eigenvalue weighted by molar-refractivity contribution is -0.118. The molecule has 2 aromatic carbocycles. The normalized spacial score (nSPS) is 16.0. The third-order valence-corrected chi connectivity index (χ3v) is 5.35. The summed E-state index contributed by atoms with van der Waals surface area (Å²) < 4.78 is 32.4. The predicted molar refractivity (Wildman–Crippen MR) is 105 cm³/mol. The van der Waals surface area contributed by atoms with Gasteiger partial charge < -0.3 is 9.73 Å². The number of imide groups is 1. The van der Waals surface area contributed by atoms with E-state index in [1.165, 1.54) is 0 Å². The van der Waals surface area contributed by atoms with Crippen LogP contribution in [0, 0.1) is 11.6 Å². The van der Waals surface area contributed by atoms with E-state index in [1.807, 2.05) is 0 Å². The Bertz CT molecular complexity index is 1260. The summed E-state index contributed by atoms with van der Waals surface area (Å²) in [5.74, 6) is -3.53. The standard InChI is InChI=1S/C20H12F2N2O5S/c21-10-6-12(22)17-13(25)8-15(29-14(17)7-10)18(26)23-11-3-1-9(2-4-11)5-16-19(27)24-20(28)30-16/h1-4,6-8,16H,5H2,(H,23,26)(H,24,27,28). The fourth-order valence-electron chi connectivity index (χ4n) is 2.98. The van der Waals surface area contributed by atoms with E-state index in [2.05, 4.69) is 10.6 Å². The Morgan fingerprint density at radius 1 is 1.10 bits per heavy atom. The number of benzene rings is 2. The van der Waals surface area contributed by atoms with Gasteiger partial charge in [0.15, 0.2) is 11.2 Å². The summed E-state index contributed by atoms with van der Waals surface area (Å²) in [7, 11) is 0. The lowest BCUT2D eigenvalue weighted by Crippen LogP contribution is -2.25. The van der Waals surface area contributed by atoms with Gasteiger partial charge in [0, 0.05) is 23.9 Å². The van der Waals surface area contributed by atoms with Gasteiger partial charge >= 0.3 is 0 Å². The van der Waals surface area contributed by atoms with Gasteiger partial charge in [-0.3, -0.25) is 24.5 Å². The summed E-state index contributed by atoms with van der Waals surface area (Å²) in [4.78, 5) is 47.3. The minimum Gasteiger partial charge on any atom is -0.450 e. The van der Waals surface area contributed by atoms with Gasteiger partial charge in [-0.1, -0.05) is 23.9 Å². The average molecular weight is 430 g/mol. The first-order chi connectivity index (χ1) is 14.3. The Labute approximate surface area is 171 Å². The number of nitrogens with one attached hydrogen (secondary N) is 2. The van der Waals surface area contributed by atoms with E-state index < -0.39 is 39.4 Å². The summed E-state index contributed by atoms with van der Waals surface area (Å²) in [5.41, 5.74) is -0.0337. The molecule has 4 rings (SSSR count). The minimum absolute atomic E-state index is 0.340. The highest BCUT2D eigenvalue weighted by atomic mass is 32.2. The number of hydrogen-bond donors (Lipinski definition) is 2. The van der Waals surface area contributed by atoms with E-state index in [4.69, 9.17) is 4.42 Å². The molecule has 0 radical (unpaired) electrons. The minimum atomic E-state index is -1.07. The van der Waals surface area contributed by atoms with Crippen molar-refractivity contribution >= 4 is 45.5 Å². The predicted octanol–water partition coefficient (Wildman–Crippen LogP) is 3.22. The molecule has 7 nitrogen and oxygen atoms in total. The molecule has 1 aliphatic rings. The number of halogens is 2. The first-order valence-electron chi connectivity index (χ1n) is 8.65. The van der Waals surface area contributed by atoms with E-state index in [0.717, 1.165) is 29.5 Å². The third kappa shape index (κ3) is 3.94. The molecule has 3 amide bonds. The molecule has 1 saturated heterocycles. The monoisotopic (exact) mass is 430 g/mol. The molecule has 30 heavy (non-hydrogen) atoms. The molecular weight excluding hydrogens is 418 g/mol. The Balaban J connectivity index is 1.51. The second-order valence-corrected chi connectivity index (χ2v) is 7.65. The van der Waals surface area contributed by atoms with Crippen molar-refractivity contribution in [2.75, 3.05) is 5.32 Å². The van der Waals surface area contributed by atoms with E-state index in [0.29, 0.717) is 18.2 Å². The van der Waals surface area contributed by atoms with Crippen molar-refractivity contribution in [2.45, 2.75) is 11.7 Å². The van der Waals surface area contributed by atoms with Crippen molar-refractivity contribution in [1.82, 2.24) is 5.32 Å². The zero-order chi connectivity index (χ0) is 21.4. The highest BCUT2D eigenvalue weighted by Crippen LogP contribution is 2.24. The molecule has 2 heterocycles. The van der Waals surface area contributed by atoms with E-state index in [1.54, 1.807) is 24.3 Å². The van der Waals surface area contributed by atoms with Crippen LogP contribution in [0.4, 0.5) is 19.3 Å². The number of hydrogen-bond acceptors (Lipinski definition) is 6. The Morgan fingerprint density at radius 2 is 1.83 bits per heavy atom. The molecule has 0 bridgehead atoms. The zero-order valence-corrected chi connectivity index (χ0v) is 15.8. The Morgan fingerprint density at radius 3 is 2.50 bits per heavy atom. The molecule has 0 spiro atoms. The number of carbonyl (C=O) groups is 3. The van der Waals surface area contributed by atoms with Crippen LogP contribution in [0.15, 0.2) is 51.7 Å². The largest absolute Gasteiger partial charge is 0.450 e. The van der Waals surface area contributed by atoms with Gasteiger partial charge in [-0.25, -0.2) is 8.78 Å². The zero-order valence-electron chi connectivity index (χ0n) is 15.0. The van der Waals surface area contributed by atoms with Crippen molar-refractivity contribution in [2.24, 2.45) is 0 Å². The maximum Gasteiger partial charge on any atom is 0.291 e. The number of anilines is 1. The molecule has 1 aliphatic heterocycles. The average Bonchev–Trinajstić information content (AvgIpc) is 2.99. The molecule has 1 aromatic heterocycles. The van der Waals surface area contributed by atoms with Gasteiger partial charge in [-0.05, 0) is 24.1 Å². The molecular formula is C20H12F2N2O5S. The van der Waals surface area contributed by atoms with E-state index in [9.17, 15) is 28.0 Å². The molecule has 1 atom stereocenters. The van der Waals surface area contributed by atoms with Crippen molar-refractivity contribution in [3.8, 4) is 0 Å². The second kappa shape index (κ2) is 7.71. The summed E-state index contributed by atoms with van der Waals surface area (Å²) in [6.07, 6.45) is 0.340. The molecule has 0 saturated carbocycles. The maximum absolute atomic E-state index is 13.8. The van der Waals surface area contributed by atoms with Crippen LogP contribution >= 0.6 is 11.8 Å². The van der Waals surface area contributed by atoms with Crippen molar-refractivity contribution in [3.05, 3.63) is 75.6 Å². The summed E-state index contributed by atoms with van der Waals surface area (Å²) >= 11 is 0.920. The van der Waals surface area contributed by atoms with Crippen LogP contribution in [-0.2, 0) is 11.2 Å². The quantitative estimate of drug-likeness (QED) is 0.659. The van der Waals surface area contributed by atoms with Crippen LogP contribution in [0.1, 0.15) is 16.1 Å². The van der Waals surface area contributed by atoms with Crippen LogP contribution < -0.4 is 16.1 Å². The maximum atomic E-state index is 13.8. The van der Waals surface area contributed by atoms with Gasteiger partial charge in [0.2, 0.25) is 5.91 Å². The van der Waals surface area contributed by atoms with Crippen LogP contribution in [0.5, 0.6) is 0 Å². The van der Waals surface area contributed by atoms with Crippen molar-refractivity contribution in [1.29, 1.82) is 0 Å². The summed E-state index contributed by atoms with van der Waals surface area (Å²) in [5, 5.41) is 3.40. The smallest absolute Gasteiger partial charge is 0.291 e. The number of amides is 3. The van der Waals surface area contributed by atoms with Gasteiger partial charge in [-0.2, -0.15) is 0 Å². The second-order valence-electron chi connectivity index (χ2n) is 6.47. The van der Waals surface area contributed by atoms with Crippen LogP contribution in [0.2, 0.25) is 0 Å². The Hall–Kier alpha value is -3.53. The lowest BCUT2D eigenvalue weighted by Gasteiger charge is -2.08. The fraction of sp³-hybridized carbons (Fsp3) is 0.100. The molecule has 10 heteroatoms. The first-order valence-corrected chi connectivity index (χ1v) is 9.53. The molecule has 3 aromatic rings. The fourth-order valence-corrected chi connectivity index (χ4v) is 3.84. The topological polar surface area (TPSA) is 105 Å². The molecule has 1 unspecified atom stereocenters. The van der Waals surface area contributed by atoms with Crippen LogP contribution in [0.3, 0.4) is 0 Å². The Kier molecular flexibility index (Phi) is 5.08. The number of thioether (sulfide) groups is 1. The third-order valence-electron chi connectivity index (χ3n) is 4.37. The van der Waals surface area contributed by atoms with Gasteiger partial charge in [-0.15, -0.1) is 0 Å². The van der Waals surface area contributed by atoms with Crippen molar-refractivity contribution in [3.63, 3.8) is 0 Å². The van der Waals surface area contributed by atoms with Crippen molar-refractivity contribution < 1.29 is 27.6 Å². The SMILES string of the molecule is O=C1NC(=O)C(Cc2ccc(NC(=O)c3cc(=O)c4c(F)cc(F)cc4o3)cc2)S1.